The Morgan fingerprint density at radius 2 is 2.00 bits per heavy atom. The molecule has 0 bridgehead atoms. The largest absolute Gasteiger partial charge is 0.480 e. The van der Waals surface area contributed by atoms with Gasteiger partial charge in [-0.15, -0.1) is 5.10 Å². The molecule has 0 radical (unpaired) electrons. The molecular weight excluding hydrogens is 319 g/mol. The molecular formula is C15H17FN4O4. The fourth-order valence-electron chi connectivity index (χ4n) is 1.86. The minimum absolute atomic E-state index is 0.0780. The lowest BCUT2D eigenvalue weighted by Crippen LogP contribution is -2.46. The lowest BCUT2D eigenvalue weighted by atomic mass is 10.1. The Morgan fingerprint density at radius 1 is 1.33 bits per heavy atom. The van der Waals surface area contributed by atoms with Gasteiger partial charge < -0.3 is 15.2 Å². The van der Waals surface area contributed by atoms with E-state index in [1.165, 1.54) is 30.5 Å². The highest BCUT2D eigenvalue weighted by Crippen LogP contribution is 2.19. The molecule has 0 atom stereocenters. The number of nitrogens with zero attached hydrogens (tertiary/aromatic N) is 3. The van der Waals surface area contributed by atoms with E-state index in [0.29, 0.717) is 11.4 Å². The van der Waals surface area contributed by atoms with Gasteiger partial charge in [0, 0.05) is 0 Å². The summed E-state index contributed by atoms with van der Waals surface area (Å²) in [6.45, 7) is 2.93. The Hall–Kier alpha value is -2.97. The number of amides is 1. The van der Waals surface area contributed by atoms with Gasteiger partial charge in [-0.3, -0.25) is 9.59 Å². The van der Waals surface area contributed by atoms with E-state index >= 15 is 0 Å². The van der Waals surface area contributed by atoms with Gasteiger partial charge in [0.2, 0.25) is 0 Å². The number of nitrogens with one attached hydrogen (secondary N) is 1. The number of carboxylic acid groups (broad SMARTS) is 1. The molecule has 1 heterocycles. The fourth-order valence-corrected chi connectivity index (χ4v) is 1.86. The van der Waals surface area contributed by atoms with Crippen LogP contribution in [0.1, 0.15) is 19.5 Å². The summed E-state index contributed by atoms with van der Waals surface area (Å²) in [5.74, 6) is -1.47. The number of halogens is 1. The van der Waals surface area contributed by atoms with Gasteiger partial charge >= 0.3 is 5.97 Å². The predicted octanol–water partition coefficient (Wildman–Crippen LogP) is 0.976. The third-order valence-electron chi connectivity index (χ3n) is 3.05. The van der Waals surface area contributed by atoms with Crippen LogP contribution in [0.2, 0.25) is 0 Å². The Kier molecular flexibility index (Phi) is 5.12. The Bertz CT molecular complexity index is 727. The average molecular weight is 336 g/mol. The molecule has 0 saturated heterocycles. The van der Waals surface area contributed by atoms with Crippen LogP contribution in [0, 0.1) is 5.82 Å². The second kappa shape index (κ2) is 7.07. The molecule has 0 spiro atoms. The van der Waals surface area contributed by atoms with Crippen molar-refractivity contribution >= 4 is 11.9 Å². The zero-order chi connectivity index (χ0) is 17.7. The Balaban J connectivity index is 1.91. The Labute approximate surface area is 137 Å². The van der Waals surface area contributed by atoms with Crippen LogP contribution in [-0.2, 0) is 22.7 Å². The highest BCUT2D eigenvalue weighted by atomic mass is 19.1. The topological polar surface area (TPSA) is 106 Å². The van der Waals surface area contributed by atoms with Crippen LogP contribution in [0.3, 0.4) is 0 Å². The van der Waals surface area contributed by atoms with Crippen molar-refractivity contribution < 1.29 is 23.8 Å². The summed E-state index contributed by atoms with van der Waals surface area (Å²) in [7, 11) is 0. The molecule has 2 rings (SSSR count). The van der Waals surface area contributed by atoms with Crippen LogP contribution >= 0.6 is 0 Å². The van der Waals surface area contributed by atoms with Crippen molar-refractivity contribution in [3.8, 4) is 5.75 Å². The van der Waals surface area contributed by atoms with E-state index in [2.05, 4.69) is 15.6 Å². The van der Waals surface area contributed by atoms with Gasteiger partial charge in [0.1, 0.15) is 23.8 Å². The van der Waals surface area contributed by atoms with Crippen molar-refractivity contribution in [1.29, 1.82) is 0 Å². The van der Waals surface area contributed by atoms with Crippen molar-refractivity contribution in [2.45, 2.75) is 32.5 Å². The van der Waals surface area contributed by atoms with Crippen LogP contribution < -0.4 is 10.1 Å². The summed E-state index contributed by atoms with van der Waals surface area (Å²) < 4.78 is 19.6. The van der Waals surface area contributed by atoms with Crippen LogP contribution in [0.5, 0.6) is 5.75 Å². The maximum absolute atomic E-state index is 12.9. The van der Waals surface area contributed by atoms with Gasteiger partial charge in [-0.25, -0.2) is 9.07 Å². The molecule has 0 unspecified atom stereocenters. The summed E-state index contributed by atoms with van der Waals surface area (Å²) in [5, 5.41) is 18.7. The summed E-state index contributed by atoms with van der Waals surface area (Å²) in [4.78, 5) is 22.8. The van der Waals surface area contributed by atoms with E-state index in [-0.39, 0.29) is 13.1 Å². The maximum atomic E-state index is 12.9. The number of rotatable bonds is 7. The molecule has 0 fully saturated rings. The summed E-state index contributed by atoms with van der Waals surface area (Å²) in [6, 6.07) is 5.35. The van der Waals surface area contributed by atoms with Crippen LogP contribution in [0.25, 0.3) is 0 Å². The first-order valence-corrected chi connectivity index (χ1v) is 7.10. The molecule has 1 amide bonds. The first-order chi connectivity index (χ1) is 11.3. The normalized spacial score (nSPS) is 11.1. The number of ether oxygens (including phenoxy) is 1. The van der Waals surface area contributed by atoms with Gasteiger partial charge in [0.25, 0.3) is 5.91 Å². The SMILES string of the molecule is CC(C)(Oc1ccc(F)cc1)C(=O)NCc1cn(CC(=O)O)nn1. The molecule has 0 aliphatic carbocycles. The third-order valence-corrected chi connectivity index (χ3v) is 3.05. The summed E-state index contributed by atoms with van der Waals surface area (Å²) in [5.41, 5.74) is -0.767. The monoisotopic (exact) mass is 336 g/mol. The summed E-state index contributed by atoms with van der Waals surface area (Å²) >= 11 is 0. The number of carbonyl (C=O) groups excluding carboxylic acids is 1. The molecule has 128 valence electrons. The lowest BCUT2D eigenvalue weighted by molar-refractivity contribution is -0.138. The van der Waals surface area contributed by atoms with Crippen molar-refractivity contribution in [1.82, 2.24) is 20.3 Å². The number of carbonyl (C=O) groups is 2. The van der Waals surface area contributed by atoms with Crippen molar-refractivity contribution in [3.05, 3.63) is 42.0 Å². The van der Waals surface area contributed by atoms with E-state index in [4.69, 9.17) is 9.84 Å². The quantitative estimate of drug-likeness (QED) is 0.780. The van der Waals surface area contributed by atoms with Gasteiger partial charge in [0.05, 0.1) is 12.7 Å². The lowest BCUT2D eigenvalue weighted by Gasteiger charge is -2.25. The summed E-state index contributed by atoms with van der Waals surface area (Å²) in [6.07, 6.45) is 1.43. The van der Waals surface area contributed by atoms with Crippen LogP contribution in [-0.4, -0.2) is 37.6 Å². The molecule has 1 aromatic heterocycles. The number of benzene rings is 1. The van der Waals surface area contributed by atoms with E-state index in [0.717, 1.165) is 4.68 Å². The second-order valence-corrected chi connectivity index (χ2v) is 5.55. The van der Waals surface area contributed by atoms with Gasteiger partial charge in [-0.1, -0.05) is 5.21 Å². The molecule has 24 heavy (non-hydrogen) atoms. The zero-order valence-corrected chi connectivity index (χ0v) is 13.2. The van der Waals surface area contributed by atoms with Crippen molar-refractivity contribution in [2.24, 2.45) is 0 Å². The van der Waals surface area contributed by atoms with Crippen molar-refractivity contribution in [2.75, 3.05) is 0 Å². The first kappa shape index (κ1) is 17.4. The fraction of sp³-hybridized carbons (Fsp3) is 0.333. The molecule has 8 nitrogen and oxygen atoms in total. The average Bonchev–Trinajstić information content (AvgIpc) is 2.93. The van der Waals surface area contributed by atoms with E-state index < -0.39 is 23.3 Å². The Morgan fingerprint density at radius 3 is 2.62 bits per heavy atom. The zero-order valence-electron chi connectivity index (χ0n) is 13.2. The highest BCUT2D eigenvalue weighted by molar-refractivity contribution is 5.84. The second-order valence-electron chi connectivity index (χ2n) is 5.55. The molecule has 1 aromatic carbocycles. The smallest absolute Gasteiger partial charge is 0.325 e. The molecule has 0 saturated carbocycles. The van der Waals surface area contributed by atoms with E-state index in [1.54, 1.807) is 13.8 Å². The number of hydrogen-bond acceptors (Lipinski definition) is 5. The van der Waals surface area contributed by atoms with Crippen LogP contribution in [0.4, 0.5) is 4.39 Å². The first-order valence-electron chi connectivity index (χ1n) is 7.10. The number of carboxylic acids is 1. The molecule has 0 aliphatic rings. The van der Waals surface area contributed by atoms with Gasteiger partial charge in [0.15, 0.2) is 5.60 Å². The van der Waals surface area contributed by atoms with Crippen LogP contribution in [0.15, 0.2) is 30.5 Å². The number of aliphatic carboxylic acids is 1. The minimum atomic E-state index is -1.19. The van der Waals surface area contributed by atoms with E-state index in [1.807, 2.05) is 0 Å². The van der Waals surface area contributed by atoms with E-state index in [9.17, 15) is 14.0 Å². The van der Waals surface area contributed by atoms with Crippen molar-refractivity contribution in [3.63, 3.8) is 0 Å². The van der Waals surface area contributed by atoms with Gasteiger partial charge in [-0.2, -0.15) is 0 Å². The predicted molar refractivity (Wildman–Crippen MR) is 80.6 cm³/mol. The molecule has 0 aliphatic heterocycles. The molecule has 2 aromatic rings. The number of hydrogen-bond donors (Lipinski definition) is 2. The molecule has 2 N–H and O–H groups in total. The maximum Gasteiger partial charge on any atom is 0.325 e. The minimum Gasteiger partial charge on any atom is -0.480 e. The third kappa shape index (κ3) is 4.77. The van der Waals surface area contributed by atoms with Gasteiger partial charge in [-0.05, 0) is 38.1 Å². The highest BCUT2D eigenvalue weighted by Gasteiger charge is 2.29. The number of aromatic nitrogens is 3. The standard InChI is InChI=1S/C15H17FN4O4/c1-15(2,24-12-5-3-10(16)4-6-12)14(23)17-7-11-8-20(19-18-11)9-13(21)22/h3-6,8H,7,9H2,1-2H3,(H,17,23)(H,21,22). The molecule has 9 heteroatoms.